The topological polar surface area (TPSA) is 97.6 Å². The number of thiazole rings is 1. The molecule has 1 aromatic heterocycles. The molecule has 3 aromatic carbocycles. The van der Waals surface area contributed by atoms with E-state index in [1.165, 1.54) is 29.2 Å². The first-order valence-electron chi connectivity index (χ1n) is 14.3. The van der Waals surface area contributed by atoms with E-state index in [-0.39, 0.29) is 11.1 Å². The Hall–Kier alpha value is -4.10. The van der Waals surface area contributed by atoms with Gasteiger partial charge < -0.3 is 23.7 Å². The van der Waals surface area contributed by atoms with Crippen LogP contribution in [0.5, 0.6) is 23.0 Å². The number of carbonyl (C=O) groups excluding carboxylic acids is 1. The SMILES string of the molecule is CCOc1ccc([C@@H]2C(C(=O)OC)=CN=c3s/c(=C\c4cc(I)c(OCc5cccc(C)c5)c(OC)c4)c(=O)n32)cc1OCC. The number of hydrogen-bond acceptors (Lipinski definition) is 9. The minimum atomic E-state index is -0.780. The number of esters is 1. The van der Waals surface area contributed by atoms with Gasteiger partial charge in [-0.3, -0.25) is 9.36 Å². The molecule has 0 saturated carbocycles. The number of ether oxygens (including phenoxy) is 5. The van der Waals surface area contributed by atoms with Gasteiger partial charge in [0.15, 0.2) is 27.8 Å². The van der Waals surface area contributed by atoms with E-state index in [0.29, 0.717) is 57.7 Å². The second-order valence-electron chi connectivity index (χ2n) is 10.1. The molecule has 0 aliphatic carbocycles. The highest BCUT2D eigenvalue weighted by atomic mass is 127. The van der Waals surface area contributed by atoms with Crippen LogP contribution in [0.4, 0.5) is 0 Å². The van der Waals surface area contributed by atoms with E-state index in [1.54, 1.807) is 25.3 Å². The van der Waals surface area contributed by atoms with Gasteiger partial charge in [0.25, 0.3) is 5.56 Å². The van der Waals surface area contributed by atoms with Crippen molar-refractivity contribution in [1.29, 1.82) is 0 Å². The molecule has 1 aliphatic rings. The number of rotatable bonds is 11. The average Bonchev–Trinajstić information content (AvgIpc) is 3.35. The minimum Gasteiger partial charge on any atom is -0.493 e. The lowest BCUT2D eigenvalue weighted by Crippen LogP contribution is -2.39. The smallest absolute Gasteiger partial charge is 0.337 e. The van der Waals surface area contributed by atoms with Crippen LogP contribution in [0.1, 0.15) is 42.1 Å². The van der Waals surface area contributed by atoms with E-state index >= 15 is 0 Å². The molecule has 1 aliphatic heterocycles. The fourth-order valence-corrected chi connectivity index (χ4v) is 6.81. The Kier molecular flexibility index (Phi) is 10.3. The molecular weight excluding hydrogens is 707 g/mol. The lowest BCUT2D eigenvalue weighted by Gasteiger charge is -2.23. The first kappa shape index (κ1) is 32.3. The van der Waals surface area contributed by atoms with Crippen molar-refractivity contribution in [3.05, 3.63) is 112 Å². The van der Waals surface area contributed by atoms with Crippen LogP contribution in [-0.4, -0.2) is 38.0 Å². The number of carbonyl (C=O) groups is 1. The average molecular weight is 741 g/mol. The van der Waals surface area contributed by atoms with Gasteiger partial charge in [-0.1, -0.05) is 47.2 Å². The van der Waals surface area contributed by atoms with Crippen LogP contribution in [0.2, 0.25) is 0 Å². The fourth-order valence-electron chi connectivity index (χ4n) is 5.06. The lowest BCUT2D eigenvalue weighted by atomic mass is 9.97. The maximum absolute atomic E-state index is 14.0. The molecule has 0 saturated heterocycles. The summed E-state index contributed by atoms with van der Waals surface area (Å²) in [5.41, 5.74) is 3.57. The van der Waals surface area contributed by atoms with Gasteiger partial charge in [0.2, 0.25) is 0 Å². The van der Waals surface area contributed by atoms with Gasteiger partial charge in [0.05, 0.1) is 47.2 Å². The van der Waals surface area contributed by atoms with E-state index in [2.05, 4.69) is 33.6 Å². The van der Waals surface area contributed by atoms with Gasteiger partial charge in [-0.25, -0.2) is 9.79 Å². The van der Waals surface area contributed by atoms with Crippen LogP contribution >= 0.6 is 33.9 Å². The van der Waals surface area contributed by atoms with Crippen molar-refractivity contribution in [2.75, 3.05) is 27.4 Å². The zero-order valence-electron chi connectivity index (χ0n) is 25.6. The standard InChI is InChI=1S/C34H33IN2O7S/c1-6-42-26-12-11-23(17-27(26)43-7-2)30-24(33(39)41-5)18-36-34-37(30)32(38)29(45-34)16-22-14-25(35)31(28(15-22)40-4)44-19-21-10-8-9-20(3)13-21/h8-18,30H,6-7,19H2,1-5H3/b29-16-/t30-/m1/s1. The first-order valence-corrected chi connectivity index (χ1v) is 16.2. The van der Waals surface area contributed by atoms with E-state index in [0.717, 1.165) is 20.3 Å². The summed E-state index contributed by atoms with van der Waals surface area (Å²) in [6, 6.07) is 16.5. The van der Waals surface area contributed by atoms with Crippen molar-refractivity contribution in [3.63, 3.8) is 0 Å². The number of fused-ring (bicyclic) bond motifs is 1. The summed E-state index contributed by atoms with van der Waals surface area (Å²) < 4.78 is 31.3. The summed E-state index contributed by atoms with van der Waals surface area (Å²) >= 11 is 3.45. The third kappa shape index (κ3) is 6.94. The zero-order chi connectivity index (χ0) is 32.1. The molecule has 45 heavy (non-hydrogen) atoms. The van der Waals surface area contributed by atoms with Gasteiger partial charge >= 0.3 is 5.97 Å². The number of methoxy groups -OCH3 is 2. The predicted octanol–water partition coefficient (Wildman–Crippen LogP) is 5.32. The third-order valence-corrected chi connectivity index (χ3v) is 8.82. The van der Waals surface area contributed by atoms with Crippen molar-refractivity contribution in [2.45, 2.75) is 33.4 Å². The van der Waals surface area contributed by atoms with Crippen molar-refractivity contribution in [2.24, 2.45) is 4.99 Å². The molecule has 0 fully saturated rings. The highest BCUT2D eigenvalue weighted by molar-refractivity contribution is 14.1. The van der Waals surface area contributed by atoms with Crippen molar-refractivity contribution < 1.29 is 28.5 Å². The third-order valence-electron chi connectivity index (χ3n) is 7.02. The molecule has 5 rings (SSSR count). The maximum atomic E-state index is 14.0. The van der Waals surface area contributed by atoms with E-state index < -0.39 is 12.0 Å². The molecule has 0 radical (unpaired) electrons. The number of benzene rings is 3. The number of hydrogen-bond donors (Lipinski definition) is 0. The Morgan fingerprint density at radius 2 is 1.78 bits per heavy atom. The van der Waals surface area contributed by atoms with Gasteiger partial charge in [-0.05, 0) is 90.4 Å². The van der Waals surface area contributed by atoms with Gasteiger partial charge in [-0.2, -0.15) is 0 Å². The largest absolute Gasteiger partial charge is 0.493 e. The molecule has 0 amide bonds. The maximum Gasteiger partial charge on any atom is 0.337 e. The Balaban J connectivity index is 1.56. The monoisotopic (exact) mass is 740 g/mol. The van der Waals surface area contributed by atoms with Crippen molar-refractivity contribution >= 4 is 46.0 Å². The summed E-state index contributed by atoms with van der Waals surface area (Å²) in [6.45, 7) is 7.09. The summed E-state index contributed by atoms with van der Waals surface area (Å²) in [5.74, 6) is 1.70. The van der Waals surface area contributed by atoms with Crippen LogP contribution < -0.4 is 33.8 Å². The van der Waals surface area contributed by atoms with Gasteiger partial charge in [0, 0.05) is 6.20 Å². The van der Waals surface area contributed by atoms with E-state index in [4.69, 9.17) is 23.7 Å². The molecule has 0 unspecified atom stereocenters. The molecule has 2 heterocycles. The highest BCUT2D eigenvalue weighted by Gasteiger charge is 2.31. The predicted molar refractivity (Wildman–Crippen MR) is 181 cm³/mol. The van der Waals surface area contributed by atoms with Gasteiger partial charge in [0.1, 0.15) is 6.61 Å². The molecule has 1 atom stereocenters. The Morgan fingerprint density at radius 1 is 1.00 bits per heavy atom. The van der Waals surface area contributed by atoms with Crippen LogP contribution in [0.25, 0.3) is 6.08 Å². The Morgan fingerprint density at radius 3 is 2.49 bits per heavy atom. The summed E-state index contributed by atoms with van der Waals surface area (Å²) in [5, 5.41) is 0. The second kappa shape index (κ2) is 14.3. The Bertz CT molecular complexity index is 1950. The fraction of sp³-hybridized carbons (Fsp3) is 0.265. The molecular formula is C34H33IN2O7S. The van der Waals surface area contributed by atoms with Crippen LogP contribution in [-0.2, 0) is 16.1 Å². The Labute approximate surface area is 278 Å². The lowest BCUT2D eigenvalue weighted by molar-refractivity contribution is -0.136. The summed E-state index contributed by atoms with van der Waals surface area (Å²) in [7, 11) is 2.89. The van der Waals surface area contributed by atoms with E-state index in [1.807, 2.05) is 57.2 Å². The summed E-state index contributed by atoms with van der Waals surface area (Å²) in [4.78, 5) is 31.8. The van der Waals surface area contributed by atoms with E-state index in [9.17, 15) is 9.59 Å². The summed E-state index contributed by atoms with van der Waals surface area (Å²) in [6.07, 6.45) is 3.26. The molecule has 0 spiro atoms. The number of aromatic nitrogens is 1. The number of aryl methyl sites for hydroxylation is 1. The highest BCUT2D eigenvalue weighted by Crippen LogP contribution is 2.36. The van der Waals surface area contributed by atoms with Crippen LogP contribution in [0.15, 0.2) is 76.2 Å². The van der Waals surface area contributed by atoms with Crippen LogP contribution in [0, 0.1) is 10.5 Å². The van der Waals surface area contributed by atoms with Crippen LogP contribution in [0.3, 0.4) is 0 Å². The minimum absolute atomic E-state index is 0.231. The molecule has 11 heteroatoms. The first-order chi connectivity index (χ1) is 21.8. The normalized spacial score (nSPS) is 14.2. The van der Waals surface area contributed by atoms with Crippen molar-refractivity contribution in [3.8, 4) is 23.0 Å². The quantitative estimate of drug-likeness (QED) is 0.152. The number of halogens is 1. The molecule has 0 bridgehead atoms. The second-order valence-corrected chi connectivity index (χ2v) is 12.2. The number of nitrogens with zero attached hydrogens (tertiary/aromatic N) is 2. The molecule has 4 aromatic rings. The molecule has 0 N–H and O–H groups in total. The van der Waals surface area contributed by atoms with Gasteiger partial charge in [-0.15, -0.1) is 0 Å². The van der Waals surface area contributed by atoms with Crippen molar-refractivity contribution in [1.82, 2.24) is 4.57 Å². The zero-order valence-corrected chi connectivity index (χ0v) is 28.6. The molecule has 234 valence electrons. The molecule has 9 nitrogen and oxygen atoms in total.